The van der Waals surface area contributed by atoms with Gasteiger partial charge in [-0.15, -0.1) is 11.3 Å². The fraction of sp³-hybridized carbons (Fsp3) is 0.333. The lowest BCUT2D eigenvalue weighted by molar-refractivity contribution is -0.119. The van der Waals surface area contributed by atoms with Crippen molar-refractivity contribution in [1.82, 2.24) is 4.98 Å². The van der Waals surface area contributed by atoms with Crippen LogP contribution in [0.2, 0.25) is 0 Å². The van der Waals surface area contributed by atoms with Crippen LogP contribution in [0.25, 0.3) is 0 Å². The number of pyridine rings is 1. The Hall–Kier alpha value is -2.94. The quantitative estimate of drug-likeness (QED) is 0.699. The van der Waals surface area contributed by atoms with Crippen LogP contribution in [0.4, 0.5) is 5.00 Å². The molecule has 2 heterocycles. The summed E-state index contributed by atoms with van der Waals surface area (Å²) in [7, 11) is 0. The normalized spacial score (nSPS) is 10.3. The Morgan fingerprint density at radius 3 is 2.56 bits per heavy atom. The summed E-state index contributed by atoms with van der Waals surface area (Å²) in [5, 5.41) is 2.93. The van der Waals surface area contributed by atoms with Gasteiger partial charge in [-0.2, -0.15) is 0 Å². The molecule has 0 aliphatic rings. The van der Waals surface area contributed by atoms with E-state index in [1.807, 2.05) is 6.92 Å². The molecule has 0 unspecified atom stereocenters. The van der Waals surface area contributed by atoms with Gasteiger partial charge in [0, 0.05) is 11.1 Å². The number of ether oxygens (including phenoxy) is 2. The van der Waals surface area contributed by atoms with Crippen LogP contribution < -0.4 is 10.9 Å². The molecule has 8 nitrogen and oxygen atoms in total. The summed E-state index contributed by atoms with van der Waals surface area (Å²) in [4.78, 5) is 51.1. The molecule has 27 heavy (non-hydrogen) atoms. The molecule has 9 heteroatoms. The molecule has 0 fully saturated rings. The smallest absolute Gasteiger partial charge is 0.344 e. The Bertz CT molecular complexity index is 915. The zero-order valence-electron chi connectivity index (χ0n) is 15.2. The first kappa shape index (κ1) is 20.4. The second kappa shape index (κ2) is 9.13. The summed E-state index contributed by atoms with van der Waals surface area (Å²) >= 11 is 1.27. The molecule has 1 amide bonds. The number of rotatable bonds is 7. The summed E-state index contributed by atoms with van der Waals surface area (Å²) in [5.74, 6) is -2.05. The Morgan fingerprint density at radius 2 is 1.93 bits per heavy atom. The van der Waals surface area contributed by atoms with Gasteiger partial charge in [-0.3, -0.25) is 9.59 Å². The highest BCUT2D eigenvalue weighted by Gasteiger charge is 2.23. The molecule has 2 aromatic heterocycles. The van der Waals surface area contributed by atoms with Crippen molar-refractivity contribution in [2.24, 2.45) is 0 Å². The molecule has 0 aliphatic carbocycles. The van der Waals surface area contributed by atoms with Crippen molar-refractivity contribution >= 4 is 34.2 Å². The van der Waals surface area contributed by atoms with Gasteiger partial charge in [-0.25, -0.2) is 9.59 Å². The molecular weight excluding hydrogens is 372 g/mol. The van der Waals surface area contributed by atoms with E-state index in [0.717, 1.165) is 10.4 Å². The van der Waals surface area contributed by atoms with Gasteiger partial charge in [-0.1, -0.05) is 6.92 Å². The lowest BCUT2D eigenvalue weighted by Gasteiger charge is -2.08. The first-order chi connectivity index (χ1) is 12.9. The number of aryl methyl sites for hydroxylation is 1. The van der Waals surface area contributed by atoms with E-state index in [-0.39, 0.29) is 12.2 Å². The fourth-order valence-electron chi connectivity index (χ4n) is 2.39. The minimum atomic E-state index is -0.908. The maximum atomic E-state index is 12.2. The standard InChI is InChI=1S/C18H20N2O6S/c1-4-12-10(3)14(18(24)25-5-2)16(27-12)20-13(21)9-26-17(23)11-7-6-8-19-15(11)22/h6-8H,4-5,9H2,1-3H3,(H,19,22)(H,20,21). The largest absolute Gasteiger partial charge is 0.462 e. The lowest BCUT2D eigenvalue weighted by Crippen LogP contribution is -2.24. The molecule has 2 rings (SSSR count). The molecule has 0 atom stereocenters. The number of hydrogen-bond donors (Lipinski definition) is 2. The van der Waals surface area contributed by atoms with Crippen LogP contribution in [-0.2, 0) is 20.7 Å². The molecular formula is C18H20N2O6S. The molecule has 0 bridgehead atoms. The van der Waals surface area contributed by atoms with E-state index in [1.54, 1.807) is 13.8 Å². The van der Waals surface area contributed by atoms with Crippen molar-refractivity contribution in [2.45, 2.75) is 27.2 Å². The maximum absolute atomic E-state index is 12.2. The third-order valence-corrected chi connectivity index (χ3v) is 5.02. The van der Waals surface area contributed by atoms with Crippen molar-refractivity contribution in [1.29, 1.82) is 0 Å². The predicted molar refractivity (Wildman–Crippen MR) is 100 cm³/mol. The number of carbonyl (C=O) groups excluding carboxylic acids is 3. The third-order valence-electron chi connectivity index (χ3n) is 3.67. The van der Waals surface area contributed by atoms with Gasteiger partial charge >= 0.3 is 11.9 Å². The van der Waals surface area contributed by atoms with Crippen LogP contribution >= 0.6 is 11.3 Å². The average molecular weight is 392 g/mol. The molecule has 0 radical (unpaired) electrons. The first-order valence-electron chi connectivity index (χ1n) is 8.33. The van der Waals surface area contributed by atoms with E-state index in [0.29, 0.717) is 17.0 Å². The van der Waals surface area contributed by atoms with Crippen molar-refractivity contribution in [3.63, 3.8) is 0 Å². The molecule has 0 saturated heterocycles. The van der Waals surface area contributed by atoms with Crippen LogP contribution in [0.5, 0.6) is 0 Å². The van der Waals surface area contributed by atoms with E-state index >= 15 is 0 Å². The van der Waals surface area contributed by atoms with Gasteiger partial charge in [-0.05, 0) is 38.0 Å². The molecule has 2 N–H and O–H groups in total. The highest BCUT2D eigenvalue weighted by molar-refractivity contribution is 7.17. The Kier molecular flexibility index (Phi) is 6.89. The molecule has 144 valence electrons. The van der Waals surface area contributed by atoms with Crippen molar-refractivity contribution in [3.05, 3.63) is 50.3 Å². The molecule has 0 saturated carbocycles. The number of hydrogen-bond acceptors (Lipinski definition) is 7. The van der Waals surface area contributed by atoms with Crippen LogP contribution in [0.3, 0.4) is 0 Å². The first-order valence-corrected chi connectivity index (χ1v) is 9.14. The number of thiophene rings is 1. The van der Waals surface area contributed by atoms with Gasteiger partial charge in [0.25, 0.3) is 11.5 Å². The molecule has 2 aromatic rings. The van der Waals surface area contributed by atoms with Crippen LogP contribution in [0.15, 0.2) is 23.1 Å². The predicted octanol–water partition coefficient (Wildman–Crippen LogP) is 2.28. The SMILES string of the molecule is CCOC(=O)c1c(NC(=O)COC(=O)c2ccc[nH]c2=O)sc(CC)c1C. The molecule has 0 aromatic carbocycles. The minimum Gasteiger partial charge on any atom is -0.462 e. The van der Waals surface area contributed by atoms with Gasteiger partial charge in [0.2, 0.25) is 0 Å². The summed E-state index contributed by atoms with van der Waals surface area (Å²) in [5.41, 5.74) is 0.258. The Labute approximate surface area is 159 Å². The van der Waals surface area contributed by atoms with Gasteiger partial charge in [0.1, 0.15) is 10.6 Å². The van der Waals surface area contributed by atoms with E-state index in [4.69, 9.17) is 9.47 Å². The van der Waals surface area contributed by atoms with Gasteiger partial charge in [0.15, 0.2) is 6.61 Å². The van der Waals surface area contributed by atoms with Gasteiger partial charge in [0.05, 0.1) is 12.2 Å². The summed E-state index contributed by atoms with van der Waals surface area (Å²) in [6.07, 6.45) is 2.08. The van der Waals surface area contributed by atoms with Crippen molar-refractivity contribution in [3.8, 4) is 0 Å². The number of aromatic nitrogens is 1. The highest BCUT2D eigenvalue weighted by Crippen LogP contribution is 2.34. The number of esters is 2. The Balaban J connectivity index is 2.09. The number of amides is 1. The monoisotopic (exact) mass is 392 g/mol. The Morgan fingerprint density at radius 1 is 1.19 bits per heavy atom. The fourth-order valence-corrected chi connectivity index (χ4v) is 3.54. The second-order valence-corrected chi connectivity index (χ2v) is 6.57. The summed E-state index contributed by atoms with van der Waals surface area (Å²) in [6, 6.07) is 2.78. The van der Waals surface area contributed by atoms with Crippen molar-refractivity contribution < 1.29 is 23.9 Å². The van der Waals surface area contributed by atoms with E-state index in [2.05, 4.69) is 10.3 Å². The van der Waals surface area contributed by atoms with E-state index in [1.165, 1.54) is 29.7 Å². The van der Waals surface area contributed by atoms with Crippen LogP contribution in [-0.4, -0.2) is 36.0 Å². The number of anilines is 1. The van der Waals surface area contributed by atoms with Crippen LogP contribution in [0.1, 0.15) is 45.0 Å². The average Bonchev–Trinajstić information content (AvgIpc) is 2.95. The van der Waals surface area contributed by atoms with Crippen LogP contribution in [0, 0.1) is 6.92 Å². The summed E-state index contributed by atoms with van der Waals surface area (Å²) < 4.78 is 9.92. The second-order valence-electron chi connectivity index (χ2n) is 5.47. The third kappa shape index (κ3) is 4.82. The van der Waals surface area contributed by atoms with Gasteiger partial charge < -0.3 is 19.8 Å². The zero-order chi connectivity index (χ0) is 20.0. The van der Waals surface area contributed by atoms with E-state index < -0.39 is 30.0 Å². The zero-order valence-corrected chi connectivity index (χ0v) is 16.0. The topological polar surface area (TPSA) is 115 Å². The number of aromatic amines is 1. The minimum absolute atomic E-state index is 0.197. The van der Waals surface area contributed by atoms with E-state index in [9.17, 15) is 19.2 Å². The van der Waals surface area contributed by atoms with Crippen molar-refractivity contribution in [2.75, 3.05) is 18.5 Å². The molecule has 0 spiro atoms. The number of nitrogens with one attached hydrogen (secondary N) is 2. The number of carbonyl (C=O) groups is 3. The lowest BCUT2D eigenvalue weighted by atomic mass is 10.1. The molecule has 0 aliphatic heterocycles. The highest BCUT2D eigenvalue weighted by atomic mass is 32.1. The summed E-state index contributed by atoms with van der Waals surface area (Å²) in [6.45, 7) is 5.06. The number of H-pyrrole nitrogens is 1. The maximum Gasteiger partial charge on any atom is 0.344 e.